The molecule has 14 heavy (non-hydrogen) atoms. The standard InChI is InChI=1S/C11H17ClOS/c1-4-5-7(2)10(13)11-9(12)8(3)6-14-11/h6-7,10,13H,4-5H2,1-3H3. The molecule has 2 atom stereocenters. The van der Waals surface area contributed by atoms with Gasteiger partial charge in [-0.05, 0) is 30.2 Å². The van der Waals surface area contributed by atoms with Crippen molar-refractivity contribution in [2.45, 2.75) is 39.7 Å². The summed E-state index contributed by atoms with van der Waals surface area (Å²) in [7, 11) is 0. The molecule has 0 amide bonds. The first-order valence-corrected chi connectivity index (χ1v) is 6.25. The van der Waals surface area contributed by atoms with Gasteiger partial charge >= 0.3 is 0 Å². The number of aliphatic hydroxyl groups excluding tert-OH is 1. The molecule has 0 aromatic carbocycles. The zero-order chi connectivity index (χ0) is 10.7. The minimum Gasteiger partial charge on any atom is -0.387 e. The molecule has 0 bridgehead atoms. The molecule has 0 aliphatic heterocycles. The van der Waals surface area contributed by atoms with Crippen LogP contribution >= 0.6 is 22.9 Å². The van der Waals surface area contributed by atoms with Gasteiger partial charge in [-0.15, -0.1) is 11.3 Å². The van der Waals surface area contributed by atoms with Crippen LogP contribution in [0.5, 0.6) is 0 Å². The number of hydrogen-bond acceptors (Lipinski definition) is 2. The van der Waals surface area contributed by atoms with Crippen molar-refractivity contribution < 1.29 is 5.11 Å². The number of rotatable bonds is 4. The summed E-state index contributed by atoms with van der Waals surface area (Å²) in [6.07, 6.45) is 1.73. The smallest absolute Gasteiger partial charge is 0.0922 e. The van der Waals surface area contributed by atoms with Gasteiger partial charge in [0.15, 0.2) is 0 Å². The summed E-state index contributed by atoms with van der Waals surface area (Å²) in [5.74, 6) is 0.288. The van der Waals surface area contributed by atoms with Gasteiger partial charge in [-0.25, -0.2) is 0 Å². The topological polar surface area (TPSA) is 20.2 Å². The van der Waals surface area contributed by atoms with E-state index in [-0.39, 0.29) is 5.92 Å². The number of aliphatic hydroxyl groups is 1. The molecular formula is C11H17ClOS. The molecule has 1 rings (SSSR count). The zero-order valence-electron chi connectivity index (χ0n) is 8.88. The lowest BCUT2D eigenvalue weighted by molar-refractivity contribution is 0.116. The van der Waals surface area contributed by atoms with Gasteiger partial charge in [0.05, 0.1) is 16.0 Å². The molecule has 3 heteroatoms. The van der Waals surface area contributed by atoms with Gasteiger partial charge in [0.25, 0.3) is 0 Å². The molecule has 1 N–H and O–H groups in total. The molecule has 0 radical (unpaired) electrons. The maximum absolute atomic E-state index is 10.0. The van der Waals surface area contributed by atoms with E-state index in [9.17, 15) is 5.11 Å². The molecule has 1 aromatic rings. The minimum atomic E-state index is -0.402. The predicted molar refractivity (Wildman–Crippen MR) is 63.1 cm³/mol. The predicted octanol–water partition coefficient (Wildman–Crippen LogP) is 4.18. The maximum Gasteiger partial charge on any atom is 0.0922 e. The van der Waals surface area contributed by atoms with Crippen LogP contribution in [0.25, 0.3) is 0 Å². The lowest BCUT2D eigenvalue weighted by Crippen LogP contribution is -2.07. The molecule has 0 fully saturated rings. The monoisotopic (exact) mass is 232 g/mol. The quantitative estimate of drug-likeness (QED) is 0.826. The van der Waals surface area contributed by atoms with Crippen LogP contribution < -0.4 is 0 Å². The van der Waals surface area contributed by atoms with Gasteiger partial charge in [-0.2, -0.15) is 0 Å². The van der Waals surface area contributed by atoms with E-state index in [2.05, 4.69) is 13.8 Å². The molecule has 1 heterocycles. The Labute approximate surface area is 94.7 Å². The minimum absolute atomic E-state index is 0.288. The van der Waals surface area contributed by atoms with Crippen molar-refractivity contribution in [3.63, 3.8) is 0 Å². The number of hydrogen-bond donors (Lipinski definition) is 1. The summed E-state index contributed by atoms with van der Waals surface area (Å²) in [6, 6.07) is 0. The van der Waals surface area contributed by atoms with E-state index in [1.807, 2.05) is 12.3 Å². The first-order chi connectivity index (χ1) is 6.57. The molecule has 80 valence electrons. The third-order valence-corrected chi connectivity index (χ3v) is 4.26. The second kappa shape index (κ2) is 5.15. The fraction of sp³-hybridized carbons (Fsp3) is 0.636. The van der Waals surface area contributed by atoms with Crippen molar-refractivity contribution in [2.24, 2.45) is 5.92 Å². The average Bonchev–Trinajstić information content (AvgIpc) is 2.47. The highest BCUT2D eigenvalue weighted by Crippen LogP contribution is 2.36. The Balaban J connectivity index is 2.78. The highest BCUT2D eigenvalue weighted by molar-refractivity contribution is 7.10. The third-order valence-electron chi connectivity index (χ3n) is 2.48. The molecule has 0 saturated heterocycles. The summed E-state index contributed by atoms with van der Waals surface area (Å²) >= 11 is 7.65. The van der Waals surface area contributed by atoms with Gasteiger partial charge in [0, 0.05) is 0 Å². The van der Waals surface area contributed by atoms with E-state index in [0.29, 0.717) is 0 Å². The lowest BCUT2D eigenvalue weighted by atomic mass is 9.98. The van der Waals surface area contributed by atoms with Crippen LogP contribution in [-0.4, -0.2) is 5.11 Å². The Bertz CT molecular complexity index is 295. The van der Waals surface area contributed by atoms with E-state index < -0.39 is 6.10 Å². The van der Waals surface area contributed by atoms with Gasteiger partial charge < -0.3 is 5.11 Å². The lowest BCUT2D eigenvalue weighted by Gasteiger charge is -2.17. The van der Waals surface area contributed by atoms with Gasteiger partial charge in [-0.3, -0.25) is 0 Å². The van der Waals surface area contributed by atoms with Crippen LogP contribution in [0, 0.1) is 12.8 Å². The van der Waals surface area contributed by atoms with Gasteiger partial charge in [-0.1, -0.05) is 31.9 Å². The number of thiophene rings is 1. The molecule has 0 spiro atoms. The Morgan fingerprint density at radius 1 is 1.57 bits per heavy atom. The zero-order valence-corrected chi connectivity index (χ0v) is 10.5. The van der Waals surface area contributed by atoms with Crippen molar-refractivity contribution in [2.75, 3.05) is 0 Å². The Morgan fingerprint density at radius 3 is 2.64 bits per heavy atom. The summed E-state index contributed by atoms with van der Waals surface area (Å²) in [5, 5.41) is 12.8. The number of halogens is 1. The van der Waals surface area contributed by atoms with Crippen LogP contribution in [-0.2, 0) is 0 Å². The Morgan fingerprint density at radius 2 is 2.21 bits per heavy atom. The molecule has 0 aliphatic rings. The van der Waals surface area contributed by atoms with Crippen molar-refractivity contribution in [3.05, 3.63) is 20.8 Å². The molecule has 0 aliphatic carbocycles. The van der Waals surface area contributed by atoms with E-state index in [0.717, 1.165) is 28.3 Å². The average molecular weight is 233 g/mol. The normalized spacial score (nSPS) is 15.5. The first kappa shape index (κ1) is 12.0. The van der Waals surface area contributed by atoms with E-state index in [1.165, 1.54) is 0 Å². The second-order valence-electron chi connectivity index (χ2n) is 3.81. The van der Waals surface area contributed by atoms with Crippen LogP contribution in [0.1, 0.15) is 43.2 Å². The molecule has 1 nitrogen and oxygen atoms in total. The molecule has 2 unspecified atom stereocenters. The maximum atomic E-state index is 10.0. The third kappa shape index (κ3) is 2.50. The summed E-state index contributed by atoms with van der Waals surface area (Å²) < 4.78 is 0. The van der Waals surface area contributed by atoms with Crippen LogP contribution in [0.2, 0.25) is 5.02 Å². The number of aryl methyl sites for hydroxylation is 1. The fourth-order valence-corrected chi connectivity index (χ4v) is 2.94. The molecular weight excluding hydrogens is 216 g/mol. The molecule has 0 saturated carbocycles. The molecule has 1 aromatic heterocycles. The highest BCUT2D eigenvalue weighted by Gasteiger charge is 2.20. The summed E-state index contributed by atoms with van der Waals surface area (Å²) in [6.45, 7) is 6.17. The Kier molecular flexibility index (Phi) is 4.42. The summed E-state index contributed by atoms with van der Waals surface area (Å²) in [4.78, 5) is 0.921. The van der Waals surface area contributed by atoms with Crippen molar-refractivity contribution in [1.82, 2.24) is 0 Å². The van der Waals surface area contributed by atoms with Gasteiger partial charge in [0.1, 0.15) is 0 Å². The SMILES string of the molecule is CCCC(C)C(O)c1scc(C)c1Cl. The first-order valence-electron chi connectivity index (χ1n) is 4.99. The van der Waals surface area contributed by atoms with Crippen molar-refractivity contribution >= 4 is 22.9 Å². The van der Waals surface area contributed by atoms with Gasteiger partial charge in [0.2, 0.25) is 0 Å². The highest BCUT2D eigenvalue weighted by atomic mass is 35.5. The van der Waals surface area contributed by atoms with Crippen LogP contribution in [0.3, 0.4) is 0 Å². The largest absolute Gasteiger partial charge is 0.387 e. The van der Waals surface area contributed by atoms with E-state index in [4.69, 9.17) is 11.6 Å². The van der Waals surface area contributed by atoms with Crippen molar-refractivity contribution in [1.29, 1.82) is 0 Å². The van der Waals surface area contributed by atoms with Crippen molar-refractivity contribution in [3.8, 4) is 0 Å². The Hall–Kier alpha value is -0.0500. The van der Waals surface area contributed by atoms with E-state index in [1.54, 1.807) is 11.3 Å². The van der Waals surface area contributed by atoms with E-state index >= 15 is 0 Å². The summed E-state index contributed by atoms with van der Waals surface area (Å²) in [5.41, 5.74) is 1.06. The fourth-order valence-electron chi connectivity index (χ4n) is 1.52. The van der Waals surface area contributed by atoms with Crippen LogP contribution in [0.15, 0.2) is 5.38 Å². The second-order valence-corrected chi connectivity index (χ2v) is 5.10. The van der Waals surface area contributed by atoms with Crippen LogP contribution in [0.4, 0.5) is 0 Å².